The van der Waals surface area contributed by atoms with E-state index in [9.17, 15) is 4.79 Å². The van der Waals surface area contributed by atoms with Crippen LogP contribution in [0.2, 0.25) is 0 Å². The maximum absolute atomic E-state index is 11.6. The summed E-state index contributed by atoms with van der Waals surface area (Å²) in [5.74, 6) is 0. The van der Waals surface area contributed by atoms with Crippen LogP contribution < -0.4 is 10.6 Å². The molecule has 3 nitrogen and oxygen atoms in total. The van der Waals surface area contributed by atoms with Gasteiger partial charge in [0, 0.05) is 7.05 Å². The average Bonchev–Trinajstić information content (AvgIpc) is 2.48. The molecule has 0 heterocycles. The summed E-state index contributed by atoms with van der Waals surface area (Å²) in [4.78, 5) is 11.6. The Balaban J connectivity index is 2.17. The van der Waals surface area contributed by atoms with Crippen molar-refractivity contribution < 1.29 is 4.79 Å². The number of carbonyl (C=O) groups is 1. The van der Waals surface area contributed by atoms with Gasteiger partial charge in [-0.1, -0.05) is 60.7 Å². The SMILES string of the molecule is CNC(=O)NC(Cc1ccccc1)c1ccccc1. The van der Waals surface area contributed by atoms with Gasteiger partial charge in [-0.2, -0.15) is 0 Å². The van der Waals surface area contributed by atoms with Crippen LogP contribution in [0, 0.1) is 0 Å². The first kappa shape index (κ1) is 13.1. The Labute approximate surface area is 113 Å². The molecule has 0 aliphatic heterocycles. The first-order chi connectivity index (χ1) is 9.29. The van der Waals surface area contributed by atoms with E-state index in [1.165, 1.54) is 5.56 Å². The van der Waals surface area contributed by atoms with Gasteiger partial charge in [-0.15, -0.1) is 0 Å². The molecule has 0 radical (unpaired) electrons. The summed E-state index contributed by atoms with van der Waals surface area (Å²) in [6.07, 6.45) is 0.776. The second kappa shape index (κ2) is 6.59. The van der Waals surface area contributed by atoms with Crippen LogP contribution in [0.1, 0.15) is 17.2 Å². The molecule has 2 amide bonds. The third-order valence-electron chi connectivity index (χ3n) is 3.02. The van der Waals surface area contributed by atoms with E-state index in [1.807, 2.05) is 48.5 Å². The second-order valence-corrected chi connectivity index (χ2v) is 4.38. The largest absolute Gasteiger partial charge is 0.341 e. The minimum atomic E-state index is -0.162. The van der Waals surface area contributed by atoms with E-state index in [0.29, 0.717) is 0 Å². The number of urea groups is 1. The predicted octanol–water partition coefficient (Wildman–Crippen LogP) is 2.90. The monoisotopic (exact) mass is 254 g/mol. The summed E-state index contributed by atoms with van der Waals surface area (Å²) in [6.45, 7) is 0. The fraction of sp³-hybridized carbons (Fsp3) is 0.188. The number of amides is 2. The smallest absolute Gasteiger partial charge is 0.315 e. The van der Waals surface area contributed by atoms with E-state index in [4.69, 9.17) is 0 Å². The lowest BCUT2D eigenvalue weighted by Gasteiger charge is -2.19. The molecule has 0 saturated carbocycles. The van der Waals surface area contributed by atoms with Gasteiger partial charge in [-0.25, -0.2) is 4.79 Å². The molecule has 1 unspecified atom stereocenters. The molecule has 2 aromatic carbocycles. The zero-order valence-electron chi connectivity index (χ0n) is 11.0. The zero-order valence-corrected chi connectivity index (χ0v) is 11.0. The highest BCUT2D eigenvalue weighted by molar-refractivity contribution is 5.74. The Morgan fingerprint density at radius 2 is 1.58 bits per heavy atom. The van der Waals surface area contributed by atoms with Crippen molar-refractivity contribution in [1.29, 1.82) is 0 Å². The van der Waals surface area contributed by atoms with Crippen LogP contribution in [0.15, 0.2) is 60.7 Å². The molecule has 2 aromatic rings. The zero-order chi connectivity index (χ0) is 13.5. The van der Waals surface area contributed by atoms with Crippen molar-refractivity contribution >= 4 is 6.03 Å². The Hall–Kier alpha value is -2.29. The molecule has 19 heavy (non-hydrogen) atoms. The number of hydrogen-bond acceptors (Lipinski definition) is 1. The molecule has 2 N–H and O–H groups in total. The summed E-state index contributed by atoms with van der Waals surface area (Å²) in [5, 5.41) is 5.58. The Kier molecular flexibility index (Phi) is 4.56. The highest BCUT2D eigenvalue weighted by atomic mass is 16.2. The molecular weight excluding hydrogens is 236 g/mol. The van der Waals surface area contributed by atoms with Gasteiger partial charge in [0.2, 0.25) is 0 Å². The van der Waals surface area contributed by atoms with Crippen molar-refractivity contribution in [2.24, 2.45) is 0 Å². The highest BCUT2D eigenvalue weighted by Gasteiger charge is 2.14. The van der Waals surface area contributed by atoms with Gasteiger partial charge in [0.15, 0.2) is 0 Å². The normalized spacial score (nSPS) is 11.6. The number of rotatable bonds is 4. The Bertz CT molecular complexity index is 511. The molecule has 0 saturated heterocycles. The summed E-state index contributed by atoms with van der Waals surface area (Å²) in [5.41, 5.74) is 2.31. The van der Waals surface area contributed by atoms with Gasteiger partial charge >= 0.3 is 6.03 Å². The van der Waals surface area contributed by atoms with E-state index < -0.39 is 0 Å². The van der Waals surface area contributed by atoms with Gasteiger partial charge in [-0.3, -0.25) is 0 Å². The summed E-state index contributed by atoms with van der Waals surface area (Å²) < 4.78 is 0. The topological polar surface area (TPSA) is 41.1 Å². The van der Waals surface area contributed by atoms with E-state index in [0.717, 1.165) is 12.0 Å². The van der Waals surface area contributed by atoms with Crippen molar-refractivity contribution in [1.82, 2.24) is 10.6 Å². The van der Waals surface area contributed by atoms with Crippen LogP contribution in [0.5, 0.6) is 0 Å². The van der Waals surface area contributed by atoms with Crippen LogP contribution in [-0.4, -0.2) is 13.1 Å². The minimum absolute atomic E-state index is 0.0245. The van der Waals surface area contributed by atoms with Crippen molar-refractivity contribution in [3.05, 3.63) is 71.8 Å². The number of nitrogens with one attached hydrogen (secondary N) is 2. The second-order valence-electron chi connectivity index (χ2n) is 4.38. The standard InChI is InChI=1S/C16H18N2O/c1-17-16(19)18-15(14-10-6-3-7-11-14)12-13-8-4-2-5-9-13/h2-11,15H,12H2,1H3,(H2,17,18,19). The maximum atomic E-state index is 11.6. The van der Waals surface area contributed by atoms with Crippen molar-refractivity contribution in [2.75, 3.05) is 7.05 Å². The average molecular weight is 254 g/mol. The summed E-state index contributed by atoms with van der Waals surface area (Å²) in [7, 11) is 1.62. The number of benzene rings is 2. The van der Waals surface area contributed by atoms with E-state index in [1.54, 1.807) is 7.05 Å². The molecule has 0 bridgehead atoms. The van der Waals surface area contributed by atoms with Gasteiger partial charge < -0.3 is 10.6 Å². The number of carbonyl (C=O) groups excluding carboxylic acids is 1. The number of hydrogen-bond donors (Lipinski definition) is 2. The van der Waals surface area contributed by atoms with Crippen molar-refractivity contribution in [3.63, 3.8) is 0 Å². The van der Waals surface area contributed by atoms with E-state index in [2.05, 4.69) is 22.8 Å². The van der Waals surface area contributed by atoms with Crippen LogP contribution in [0.3, 0.4) is 0 Å². The van der Waals surface area contributed by atoms with Crippen molar-refractivity contribution in [3.8, 4) is 0 Å². The van der Waals surface area contributed by atoms with Gasteiger partial charge in [0.25, 0.3) is 0 Å². The molecule has 98 valence electrons. The van der Waals surface area contributed by atoms with Gasteiger partial charge in [-0.05, 0) is 17.5 Å². The molecule has 0 aromatic heterocycles. The lowest BCUT2D eigenvalue weighted by molar-refractivity contribution is 0.239. The minimum Gasteiger partial charge on any atom is -0.341 e. The molecule has 0 fully saturated rings. The van der Waals surface area contributed by atoms with Crippen molar-refractivity contribution in [2.45, 2.75) is 12.5 Å². The third kappa shape index (κ3) is 3.85. The molecule has 0 aliphatic carbocycles. The Morgan fingerprint density at radius 3 is 2.16 bits per heavy atom. The molecular formula is C16H18N2O. The maximum Gasteiger partial charge on any atom is 0.315 e. The Morgan fingerprint density at radius 1 is 1.00 bits per heavy atom. The lowest BCUT2D eigenvalue weighted by atomic mass is 9.99. The fourth-order valence-corrected chi connectivity index (χ4v) is 2.02. The fourth-order valence-electron chi connectivity index (χ4n) is 2.02. The highest BCUT2D eigenvalue weighted by Crippen LogP contribution is 2.18. The first-order valence-corrected chi connectivity index (χ1v) is 6.36. The molecule has 1 atom stereocenters. The van der Waals surface area contributed by atoms with E-state index >= 15 is 0 Å². The molecule has 0 spiro atoms. The van der Waals surface area contributed by atoms with E-state index in [-0.39, 0.29) is 12.1 Å². The summed E-state index contributed by atoms with van der Waals surface area (Å²) in [6, 6.07) is 20.0. The van der Waals surface area contributed by atoms with Crippen LogP contribution in [0.25, 0.3) is 0 Å². The van der Waals surface area contributed by atoms with Gasteiger partial charge in [0.1, 0.15) is 0 Å². The quantitative estimate of drug-likeness (QED) is 0.865. The molecule has 2 rings (SSSR count). The molecule has 0 aliphatic rings. The molecule has 3 heteroatoms. The van der Waals surface area contributed by atoms with Crippen LogP contribution >= 0.6 is 0 Å². The third-order valence-corrected chi connectivity index (χ3v) is 3.02. The predicted molar refractivity (Wildman–Crippen MR) is 76.9 cm³/mol. The first-order valence-electron chi connectivity index (χ1n) is 6.36. The summed E-state index contributed by atoms with van der Waals surface area (Å²) >= 11 is 0. The lowest BCUT2D eigenvalue weighted by Crippen LogP contribution is -2.36. The van der Waals surface area contributed by atoms with Gasteiger partial charge in [0.05, 0.1) is 6.04 Å². The van der Waals surface area contributed by atoms with Crippen LogP contribution in [0.4, 0.5) is 4.79 Å². The van der Waals surface area contributed by atoms with Crippen LogP contribution in [-0.2, 0) is 6.42 Å².